The Hall–Kier alpha value is -0.560. The highest BCUT2D eigenvalue weighted by atomic mass is 32.2. The fraction of sp³-hybridized carbons (Fsp3) is 0.812. The van der Waals surface area contributed by atoms with Crippen LogP contribution in [0.5, 0.6) is 0 Å². The van der Waals surface area contributed by atoms with Gasteiger partial charge in [-0.1, -0.05) is 12.1 Å². The van der Waals surface area contributed by atoms with Gasteiger partial charge in [0.15, 0.2) is 5.76 Å². The van der Waals surface area contributed by atoms with Gasteiger partial charge in [0.25, 0.3) is 0 Å². The molecule has 0 aliphatic carbocycles. The molecule has 2 saturated heterocycles. The van der Waals surface area contributed by atoms with Crippen LogP contribution in [0.4, 0.5) is 0 Å². The van der Waals surface area contributed by atoms with E-state index < -0.39 is 11.4 Å². The summed E-state index contributed by atoms with van der Waals surface area (Å²) in [4.78, 5) is 3.42. The van der Waals surface area contributed by atoms with E-state index in [1.54, 1.807) is 0 Å². The number of piperidine rings is 2. The van der Waals surface area contributed by atoms with E-state index in [1.165, 1.54) is 25.9 Å². The molecule has 0 radical (unpaired) electrons. The molecule has 1 aromatic heterocycles. The van der Waals surface area contributed by atoms with Crippen molar-refractivity contribution < 1.29 is 9.08 Å². The van der Waals surface area contributed by atoms with Crippen LogP contribution in [0, 0.1) is 19.8 Å². The Labute approximate surface area is 136 Å². The lowest BCUT2D eigenvalue weighted by atomic mass is 9.95. The molecule has 124 valence electrons. The van der Waals surface area contributed by atoms with Gasteiger partial charge in [-0.2, -0.15) is 0 Å². The Morgan fingerprint density at radius 3 is 2.27 bits per heavy atom. The van der Waals surface area contributed by atoms with Crippen molar-refractivity contribution in [2.75, 3.05) is 26.2 Å². The largest absolute Gasteiger partial charge is 0.593 e. The third kappa shape index (κ3) is 3.35. The second-order valence-electron chi connectivity index (χ2n) is 6.78. The van der Waals surface area contributed by atoms with Crippen LogP contribution in [0.15, 0.2) is 9.42 Å². The molecule has 2 aliphatic rings. The van der Waals surface area contributed by atoms with Crippen LogP contribution in [0.1, 0.15) is 44.1 Å². The van der Waals surface area contributed by atoms with Crippen molar-refractivity contribution in [3.63, 3.8) is 0 Å². The van der Waals surface area contributed by atoms with E-state index in [1.807, 2.05) is 13.8 Å². The number of rotatable bonds is 3. The Morgan fingerprint density at radius 2 is 1.73 bits per heavy atom. The first-order valence-corrected chi connectivity index (χ1v) is 9.50. The summed E-state index contributed by atoms with van der Waals surface area (Å²) in [7, 11) is 0. The summed E-state index contributed by atoms with van der Waals surface area (Å²) in [6.45, 7) is 10.3. The SMILES string of the molecule is Cc1noc(C)c1[S+]([O-])N1CCC(N2CCC(C)CC2)CC1. The minimum atomic E-state index is -1.13. The standard InChI is InChI=1S/C16H27N3O2S/c1-12-4-8-18(9-5-12)15-6-10-19(11-7-15)22(20)16-13(2)17-21-14(16)3/h12,15H,4-11H2,1-3H3. The predicted octanol–water partition coefficient (Wildman–Crippen LogP) is 2.51. The molecule has 6 heteroatoms. The second kappa shape index (κ2) is 6.91. The molecule has 0 aromatic carbocycles. The first-order valence-electron chi connectivity index (χ1n) is 8.40. The smallest absolute Gasteiger partial charge is 0.239 e. The minimum absolute atomic E-state index is 0.672. The normalized spacial score (nSPS) is 24.7. The van der Waals surface area contributed by atoms with E-state index in [0.717, 1.165) is 42.4 Å². The van der Waals surface area contributed by atoms with Gasteiger partial charge >= 0.3 is 0 Å². The highest BCUT2D eigenvalue weighted by Gasteiger charge is 2.35. The van der Waals surface area contributed by atoms with Crippen molar-refractivity contribution in [2.45, 2.75) is 57.4 Å². The summed E-state index contributed by atoms with van der Waals surface area (Å²) in [5, 5.41) is 3.92. The van der Waals surface area contributed by atoms with Crippen LogP contribution in [0.3, 0.4) is 0 Å². The van der Waals surface area contributed by atoms with E-state index in [0.29, 0.717) is 11.8 Å². The van der Waals surface area contributed by atoms with Crippen LogP contribution in [0.2, 0.25) is 0 Å². The zero-order valence-corrected chi connectivity index (χ0v) is 14.7. The Kier molecular flexibility index (Phi) is 5.12. The third-order valence-corrected chi connectivity index (χ3v) is 6.90. The minimum Gasteiger partial charge on any atom is -0.593 e. The van der Waals surface area contributed by atoms with Crippen LogP contribution in [-0.2, 0) is 11.4 Å². The van der Waals surface area contributed by atoms with Crippen LogP contribution >= 0.6 is 0 Å². The quantitative estimate of drug-likeness (QED) is 0.799. The van der Waals surface area contributed by atoms with Gasteiger partial charge in [0.1, 0.15) is 5.69 Å². The molecule has 3 heterocycles. The van der Waals surface area contributed by atoms with E-state index in [9.17, 15) is 4.55 Å². The maximum Gasteiger partial charge on any atom is 0.239 e. The Bertz CT molecular complexity index is 472. The Balaban J connectivity index is 1.55. The molecule has 5 nitrogen and oxygen atoms in total. The molecular weight excluding hydrogens is 298 g/mol. The van der Waals surface area contributed by atoms with Crippen molar-refractivity contribution in [3.8, 4) is 0 Å². The number of nitrogens with zero attached hydrogens (tertiary/aromatic N) is 3. The van der Waals surface area contributed by atoms with Gasteiger partial charge in [0, 0.05) is 26.1 Å². The van der Waals surface area contributed by atoms with Gasteiger partial charge < -0.3 is 14.0 Å². The fourth-order valence-corrected chi connectivity index (χ4v) is 4.99. The van der Waals surface area contributed by atoms with Gasteiger partial charge in [-0.15, -0.1) is 4.31 Å². The number of hydrogen-bond acceptors (Lipinski definition) is 5. The number of aromatic nitrogens is 1. The third-order valence-electron chi connectivity index (χ3n) is 5.14. The van der Waals surface area contributed by atoms with E-state index >= 15 is 0 Å². The summed E-state index contributed by atoms with van der Waals surface area (Å²) < 4.78 is 20.0. The summed E-state index contributed by atoms with van der Waals surface area (Å²) in [5.41, 5.74) is 0.753. The lowest BCUT2D eigenvalue weighted by molar-refractivity contribution is 0.101. The van der Waals surface area contributed by atoms with Crippen molar-refractivity contribution in [3.05, 3.63) is 11.5 Å². The monoisotopic (exact) mass is 325 g/mol. The number of likely N-dealkylation sites (tertiary alicyclic amines) is 1. The zero-order chi connectivity index (χ0) is 15.7. The maximum absolute atomic E-state index is 12.8. The Morgan fingerprint density at radius 1 is 1.09 bits per heavy atom. The summed E-state index contributed by atoms with van der Waals surface area (Å²) in [5.74, 6) is 1.56. The van der Waals surface area contributed by atoms with Crippen LogP contribution in [0.25, 0.3) is 0 Å². The molecular formula is C16H27N3O2S. The highest BCUT2D eigenvalue weighted by Crippen LogP contribution is 2.28. The average Bonchev–Trinajstić information content (AvgIpc) is 2.86. The molecule has 3 rings (SSSR count). The first-order chi connectivity index (χ1) is 10.6. The molecule has 22 heavy (non-hydrogen) atoms. The topological polar surface area (TPSA) is 55.6 Å². The van der Waals surface area contributed by atoms with Gasteiger partial charge in [-0.3, -0.25) is 0 Å². The zero-order valence-electron chi connectivity index (χ0n) is 13.9. The van der Waals surface area contributed by atoms with Gasteiger partial charge in [0.05, 0.1) is 11.4 Å². The fourth-order valence-electron chi connectivity index (χ4n) is 3.62. The molecule has 0 bridgehead atoms. The highest BCUT2D eigenvalue weighted by molar-refractivity contribution is 7.89. The van der Waals surface area contributed by atoms with Gasteiger partial charge in [0.2, 0.25) is 4.90 Å². The van der Waals surface area contributed by atoms with E-state index in [-0.39, 0.29) is 0 Å². The van der Waals surface area contributed by atoms with Crippen molar-refractivity contribution in [1.29, 1.82) is 0 Å². The van der Waals surface area contributed by atoms with Gasteiger partial charge in [-0.05, 0) is 51.6 Å². The molecule has 0 saturated carbocycles. The van der Waals surface area contributed by atoms with Crippen LogP contribution < -0.4 is 0 Å². The number of aryl methyl sites for hydroxylation is 2. The molecule has 0 spiro atoms. The van der Waals surface area contributed by atoms with Crippen molar-refractivity contribution in [1.82, 2.24) is 14.4 Å². The summed E-state index contributed by atoms with van der Waals surface area (Å²) >= 11 is -1.13. The molecule has 1 unspecified atom stereocenters. The lowest BCUT2D eigenvalue weighted by Gasteiger charge is -2.40. The average molecular weight is 325 g/mol. The molecule has 1 aromatic rings. The van der Waals surface area contributed by atoms with Crippen LogP contribution in [-0.4, -0.2) is 51.1 Å². The maximum atomic E-state index is 12.8. The molecule has 0 N–H and O–H groups in total. The van der Waals surface area contributed by atoms with Crippen molar-refractivity contribution >= 4 is 11.4 Å². The number of hydrogen-bond donors (Lipinski definition) is 0. The lowest BCUT2D eigenvalue weighted by Crippen LogP contribution is -2.48. The molecule has 2 fully saturated rings. The second-order valence-corrected chi connectivity index (χ2v) is 8.20. The molecule has 1 atom stereocenters. The molecule has 2 aliphatic heterocycles. The van der Waals surface area contributed by atoms with E-state index in [2.05, 4.69) is 21.3 Å². The predicted molar refractivity (Wildman–Crippen MR) is 87.0 cm³/mol. The van der Waals surface area contributed by atoms with Gasteiger partial charge in [-0.25, -0.2) is 0 Å². The molecule has 0 amide bonds. The first kappa shape index (κ1) is 16.3. The van der Waals surface area contributed by atoms with E-state index in [4.69, 9.17) is 4.52 Å². The summed E-state index contributed by atoms with van der Waals surface area (Å²) in [6, 6.07) is 0.672. The summed E-state index contributed by atoms with van der Waals surface area (Å²) in [6.07, 6.45) is 4.88. The van der Waals surface area contributed by atoms with Crippen molar-refractivity contribution in [2.24, 2.45) is 5.92 Å².